The van der Waals surface area contributed by atoms with Gasteiger partial charge in [0, 0.05) is 21.8 Å². The second-order valence-corrected chi connectivity index (χ2v) is 7.37. The fourth-order valence-corrected chi connectivity index (χ4v) is 2.51. The van der Waals surface area contributed by atoms with E-state index in [9.17, 15) is 9.59 Å². The Labute approximate surface area is 174 Å². The van der Waals surface area contributed by atoms with Gasteiger partial charge < -0.3 is 0 Å². The van der Waals surface area contributed by atoms with E-state index in [0.717, 1.165) is 20.1 Å². The topological polar surface area (TPSA) is 82.9 Å². The zero-order valence-corrected chi connectivity index (χ0v) is 17.5. The van der Waals surface area contributed by atoms with Crippen molar-refractivity contribution >= 4 is 56.1 Å². The molecule has 0 heterocycles. The van der Waals surface area contributed by atoms with Crippen LogP contribution in [0.3, 0.4) is 0 Å². The first-order chi connectivity index (χ1) is 13.0. The van der Waals surface area contributed by atoms with Crippen molar-refractivity contribution in [1.82, 2.24) is 10.9 Å². The van der Waals surface area contributed by atoms with E-state index in [2.05, 4.69) is 52.9 Å². The van der Waals surface area contributed by atoms with E-state index in [1.54, 1.807) is 12.4 Å². The fourth-order valence-electron chi connectivity index (χ4n) is 1.98. The molecule has 8 heteroatoms. The normalized spacial score (nSPS) is 11.0. The van der Waals surface area contributed by atoms with Crippen molar-refractivity contribution in [1.29, 1.82) is 0 Å². The first-order valence-electron chi connectivity index (χ1n) is 8.18. The van der Waals surface area contributed by atoms with Crippen LogP contribution in [-0.4, -0.2) is 24.2 Å². The molecule has 27 heavy (non-hydrogen) atoms. The number of carbonyl (C=O) groups excluding carboxylic acids is 2. The molecule has 0 aliphatic heterocycles. The van der Waals surface area contributed by atoms with Gasteiger partial charge in [-0.05, 0) is 41.8 Å². The number of nitrogens with zero attached hydrogens (tertiary/aromatic N) is 2. The van der Waals surface area contributed by atoms with Gasteiger partial charge in [0.2, 0.25) is 11.8 Å². The molecule has 2 aromatic carbocycles. The Kier molecular flexibility index (Phi) is 8.86. The molecule has 0 radical (unpaired) electrons. The minimum Gasteiger partial charge on any atom is -0.273 e. The van der Waals surface area contributed by atoms with Crippen molar-refractivity contribution in [3.63, 3.8) is 0 Å². The van der Waals surface area contributed by atoms with Crippen LogP contribution in [0.1, 0.15) is 30.4 Å². The maximum Gasteiger partial charge on any atom is 0.240 e. The third-order valence-electron chi connectivity index (χ3n) is 3.35. The molecule has 0 fully saturated rings. The minimum absolute atomic E-state index is 0.210. The molecule has 2 rings (SSSR count). The molecule has 2 N–H and O–H groups in total. The second-order valence-electron chi connectivity index (χ2n) is 5.54. The average Bonchev–Trinajstić information content (AvgIpc) is 2.65. The maximum atomic E-state index is 11.7. The van der Waals surface area contributed by atoms with Gasteiger partial charge in [0.15, 0.2) is 0 Å². The van der Waals surface area contributed by atoms with Crippen molar-refractivity contribution in [3.8, 4) is 0 Å². The second kappa shape index (κ2) is 11.4. The van der Waals surface area contributed by atoms with Gasteiger partial charge in [-0.1, -0.05) is 56.1 Å². The summed E-state index contributed by atoms with van der Waals surface area (Å²) in [6.45, 7) is 0. The summed E-state index contributed by atoms with van der Waals surface area (Å²) >= 11 is 6.70. The molecule has 0 aliphatic carbocycles. The molecule has 0 bridgehead atoms. The standard InChI is InChI=1S/C19H18Br2N4O2/c20-16-8-4-14(5-9-16)12-22-24-18(26)2-1-3-19(27)25-23-13-15-6-10-17(21)11-7-15/h4-13H,1-3H2,(H,24,26)(H,25,27). The van der Waals surface area contributed by atoms with Crippen molar-refractivity contribution in [2.24, 2.45) is 10.2 Å². The number of hydrogen-bond acceptors (Lipinski definition) is 4. The Hall–Kier alpha value is -2.32. The van der Waals surface area contributed by atoms with Gasteiger partial charge in [-0.15, -0.1) is 0 Å². The number of amides is 2. The van der Waals surface area contributed by atoms with Crippen LogP contribution in [0.15, 0.2) is 67.7 Å². The summed E-state index contributed by atoms with van der Waals surface area (Å²) in [6.07, 6.45) is 3.96. The lowest BCUT2D eigenvalue weighted by Crippen LogP contribution is -2.20. The van der Waals surface area contributed by atoms with Gasteiger partial charge in [-0.25, -0.2) is 10.9 Å². The van der Waals surface area contributed by atoms with Crippen LogP contribution in [0.4, 0.5) is 0 Å². The summed E-state index contributed by atoms with van der Waals surface area (Å²) in [5.74, 6) is -0.482. The van der Waals surface area contributed by atoms with Crippen molar-refractivity contribution in [2.75, 3.05) is 0 Å². The maximum absolute atomic E-state index is 11.7. The van der Waals surface area contributed by atoms with E-state index < -0.39 is 0 Å². The number of halogens is 2. The largest absolute Gasteiger partial charge is 0.273 e. The van der Waals surface area contributed by atoms with Crippen LogP contribution >= 0.6 is 31.9 Å². The highest BCUT2D eigenvalue weighted by Crippen LogP contribution is 2.09. The van der Waals surface area contributed by atoms with Crippen LogP contribution < -0.4 is 10.9 Å². The number of benzene rings is 2. The molecule has 0 spiro atoms. The molecular weight excluding hydrogens is 476 g/mol. The number of hydrogen-bond donors (Lipinski definition) is 2. The van der Waals surface area contributed by atoms with E-state index in [4.69, 9.17) is 0 Å². The highest BCUT2D eigenvalue weighted by Gasteiger charge is 2.03. The first kappa shape index (κ1) is 21.0. The Bertz CT molecular complexity index is 749. The SMILES string of the molecule is O=C(CCCC(=O)NN=Cc1ccc(Br)cc1)NN=Cc1ccc(Br)cc1. The summed E-state index contributed by atoms with van der Waals surface area (Å²) in [7, 11) is 0. The zero-order chi connectivity index (χ0) is 19.5. The van der Waals surface area contributed by atoms with E-state index >= 15 is 0 Å². The Morgan fingerprint density at radius 3 is 1.48 bits per heavy atom. The molecular formula is C19H18Br2N4O2. The monoisotopic (exact) mass is 492 g/mol. The lowest BCUT2D eigenvalue weighted by atomic mass is 10.2. The fraction of sp³-hybridized carbons (Fsp3) is 0.158. The average molecular weight is 494 g/mol. The molecule has 6 nitrogen and oxygen atoms in total. The third-order valence-corrected chi connectivity index (χ3v) is 4.41. The third kappa shape index (κ3) is 8.74. The Balaban J connectivity index is 1.61. The van der Waals surface area contributed by atoms with Crippen LogP contribution in [0, 0.1) is 0 Å². The van der Waals surface area contributed by atoms with E-state index in [0.29, 0.717) is 6.42 Å². The molecule has 0 saturated carbocycles. The molecule has 0 unspecified atom stereocenters. The highest BCUT2D eigenvalue weighted by atomic mass is 79.9. The van der Waals surface area contributed by atoms with Crippen molar-refractivity contribution < 1.29 is 9.59 Å². The van der Waals surface area contributed by atoms with Gasteiger partial charge in [0.05, 0.1) is 12.4 Å². The van der Waals surface area contributed by atoms with Gasteiger partial charge in [-0.2, -0.15) is 10.2 Å². The minimum atomic E-state index is -0.241. The summed E-state index contributed by atoms with van der Waals surface area (Å²) < 4.78 is 1.95. The van der Waals surface area contributed by atoms with Gasteiger partial charge in [0.25, 0.3) is 0 Å². The van der Waals surface area contributed by atoms with Crippen molar-refractivity contribution in [2.45, 2.75) is 19.3 Å². The Morgan fingerprint density at radius 1 is 0.741 bits per heavy atom. The highest BCUT2D eigenvalue weighted by molar-refractivity contribution is 9.10. The summed E-state index contributed by atoms with van der Waals surface area (Å²) in [4.78, 5) is 23.4. The van der Waals surface area contributed by atoms with Crippen LogP contribution in [0.25, 0.3) is 0 Å². The zero-order valence-electron chi connectivity index (χ0n) is 14.4. The van der Waals surface area contributed by atoms with Crippen LogP contribution in [0.5, 0.6) is 0 Å². The van der Waals surface area contributed by atoms with Gasteiger partial charge in [-0.3, -0.25) is 9.59 Å². The van der Waals surface area contributed by atoms with Gasteiger partial charge >= 0.3 is 0 Å². The van der Waals surface area contributed by atoms with E-state index in [-0.39, 0.29) is 24.7 Å². The van der Waals surface area contributed by atoms with Gasteiger partial charge in [0.1, 0.15) is 0 Å². The molecule has 2 aromatic rings. The lowest BCUT2D eigenvalue weighted by molar-refractivity contribution is -0.122. The van der Waals surface area contributed by atoms with Crippen LogP contribution in [-0.2, 0) is 9.59 Å². The van der Waals surface area contributed by atoms with E-state index in [1.807, 2.05) is 48.5 Å². The number of nitrogens with one attached hydrogen (secondary N) is 2. The van der Waals surface area contributed by atoms with Crippen molar-refractivity contribution in [3.05, 3.63) is 68.6 Å². The quantitative estimate of drug-likeness (QED) is 0.430. The molecule has 0 saturated heterocycles. The summed E-state index contributed by atoms with van der Waals surface area (Å²) in [5.41, 5.74) is 6.64. The molecule has 140 valence electrons. The molecule has 0 aliphatic rings. The molecule has 2 amide bonds. The number of carbonyl (C=O) groups is 2. The molecule has 0 atom stereocenters. The summed E-state index contributed by atoms with van der Waals surface area (Å²) in [5, 5.41) is 7.78. The predicted octanol–water partition coefficient (Wildman–Crippen LogP) is 3.98. The molecule has 0 aromatic heterocycles. The smallest absolute Gasteiger partial charge is 0.240 e. The first-order valence-corrected chi connectivity index (χ1v) is 9.76. The van der Waals surface area contributed by atoms with E-state index in [1.165, 1.54) is 0 Å². The number of hydrazone groups is 2. The summed E-state index contributed by atoms with van der Waals surface area (Å²) in [6, 6.07) is 15.1. The number of rotatable bonds is 8. The Morgan fingerprint density at radius 2 is 1.11 bits per heavy atom. The van der Waals surface area contributed by atoms with Crippen LogP contribution in [0.2, 0.25) is 0 Å². The predicted molar refractivity (Wildman–Crippen MR) is 114 cm³/mol. The lowest BCUT2D eigenvalue weighted by Gasteiger charge is -2.01.